The van der Waals surface area contributed by atoms with Crippen molar-refractivity contribution in [2.75, 3.05) is 13.6 Å². The number of hydrogen-bond donors (Lipinski definition) is 0. The van der Waals surface area contributed by atoms with Gasteiger partial charge in [0.1, 0.15) is 0 Å². The number of unbranched alkanes of at least 4 members (excludes halogenated alkanes) is 1. The number of benzene rings is 1. The van der Waals surface area contributed by atoms with Gasteiger partial charge in [-0.1, -0.05) is 35.3 Å². The zero-order valence-corrected chi connectivity index (χ0v) is 12.8. The minimum absolute atomic E-state index is 0.380. The average Bonchev–Trinajstić information content (AvgIpc) is 2.28. The molecule has 0 atom stereocenters. The molecule has 0 heterocycles. The van der Waals surface area contributed by atoms with Gasteiger partial charge in [0.05, 0.1) is 4.90 Å². The van der Waals surface area contributed by atoms with E-state index in [0.717, 1.165) is 22.9 Å². The molecule has 1 rings (SSSR count). The smallest absolute Gasteiger partial charge is 0.207 e. The number of aryl methyl sites for hydroxylation is 1. The van der Waals surface area contributed by atoms with Gasteiger partial charge < -0.3 is 0 Å². The van der Waals surface area contributed by atoms with Gasteiger partial charge in [-0.25, -0.2) is 12.7 Å². The topological polar surface area (TPSA) is 37.4 Å². The van der Waals surface area contributed by atoms with Crippen LogP contribution in [0, 0.1) is 6.92 Å². The fraction of sp³-hybridized carbons (Fsp3) is 0.500. The van der Waals surface area contributed by atoms with Crippen molar-refractivity contribution in [2.45, 2.75) is 31.6 Å². The van der Waals surface area contributed by atoms with Gasteiger partial charge in [-0.15, -0.1) is 0 Å². The minimum Gasteiger partial charge on any atom is -0.207 e. The number of nitrogens with zero attached hydrogens (tertiary/aromatic N) is 1. The molecule has 96 valence electrons. The second-order valence-electron chi connectivity index (χ2n) is 4.09. The van der Waals surface area contributed by atoms with E-state index in [1.165, 1.54) is 4.31 Å². The zero-order valence-electron chi connectivity index (χ0n) is 10.4. The van der Waals surface area contributed by atoms with E-state index in [1.54, 1.807) is 13.1 Å². The number of rotatable bonds is 5. The van der Waals surface area contributed by atoms with Crippen LogP contribution in [0.5, 0.6) is 0 Å². The molecule has 0 N–H and O–H groups in total. The lowest BCUT2D eigenvalue weighted by Crippen LogP contribution is -2.28. The Hall–Kier alpha value is -0.390. The summed E-state index contributed by atoms with van der Waals surface area (Å²) in [6, 6.07) is 5.32. The Labute approximate surface area is 112 Å². The molecule has 5 heteroatoms. The SMILES string of the molecule is CCCCN(C)S(=O)(=O)c1cc(Br)ccc1C. The van der Waals surface area contributed by atoms with E-state index in [4.69, 9.17) is 0 Å². The van der Waals surface area contributed by atoms with Crippen LogP contribution < -0.4 is 0 Å². The van der Waals surface area contributed by atoms with Gasteiger partial charge in [0, 0.05) is 18.1 Å². The van der Waals surface area contributed by atoms with Gasteiger partial charge in [-0.3, -0.25) is 0 Å². The number of sulfonamides is 1. The molecule has 0 spiro atoms. The Bertz CT molecular complexity index is 485. The third kappa shape index (κ3) is 3.53. The van der Waals surface area contributed by atoms with Crippen LogP contribution in [0.15, 0.2) is 27.6 Å². The summed E-state index contributed by atoms with van der Waals surface area (Å²) in [6.45, 7) is 4.42. The summed E-state index contributed by atoms with van der Waals surface area (Å²) < 4.78 is 26.8. The van der Waals surface area contributed by atoms with Crippen molar-refractivity contribution in [3.63, 3.8) is 0 Å². The molecular weight excluding hydrogens is 302 g/mol. The molecule has 17 heavy (non-hydrogen) atoms. The molecule has 0 aliphatic rings. The van der Waals surface area contributed by atoms with Crippen LogP contribution in [0.25, 0.3) is 0 Å². The second-order valence-corrected chi connectivity index (χ2v) is 7.02. The Morgan fingerprint density at radius 1 is 1.35 bits per heavy atom. The molecule has 0 radical (unpaired) electrons. The highest BCUT2D eigenvalue weighted by Gasteiger charge is 2.22. The first-order valence-corrected chi connectivity index (χ1v) is 7.85. The van der Waals surface area contributed by atoms with Gasteiger partial charge in [0.2, 0.25) is 10.0 Å². The minimum atomic E-state index is -3.36. The van der Waals surface area contributed by atoms with Crippen LogP contribution in [0.2, 0.25) is 0 Å². The Balaban J connectivity index is 3.08. The standard InChI is InChI=1S/C12H18BrNO2S/c1-4-5-8-14(3)17(15,16)12-9-11(13)7-6-10(12)2/h6-7,9H,4-5,8H2,1-3H3. The normalized spacial score (nSPS) is 12.1. The fourth-order valence-electron chi connectivity index (χ4n) is 1.52. The van der Waals surface area contributed by atoms with Crippen LogP contribution >= 0.6 is 15.9 Å². The first kappa shape index (κ1) is 14.7. The second kappa shape index (κ2) is 5.98. The van der Waals surface area contributed by atoms with Gasteiger partial charge in [0.15, 0.2) is 0 Å². The maximum atomic E-state index is 12.3. The van der Waals surface area contributed by atoms with Crippen LogP contribution in [-0.2, 0) is 10.0 Å². The maximum absolute atomic E-state index is 12.3. The van der Waals surface area contributed by atoms with Crippen LogP contribution in [0.4, 0.5) is 0 Å². The predicted octanol–water partition coefficient (Wildman–Crippen LogP) is 3.18. The number of halogens is 1. The molecule has 1 aromatic rings. The fourth-order valence-corrected chi connectivity index (χ4v) is 3.49. The van der Waals surface area contributed by atoms with Crippen LogP contribution in [0.1, 0.15) is 25.3 Å². The molecule has 0 unspecified atom stereocenters. The van der Waals surface area contributed by atoms with E-state index in [2.05, 4.69) is 15.9 Å². The lowest BCUT2D eigenvalue weighted by Gasteiger charge is -2.18. The number of hydrogen-bond acceptors (Lipinski definition) is 2. The Kier molecular flexibility index (Phi) is 5.16. The Morgan fingerprint density at radius 3 is 2.59 bits per heavy atom. The molecule has 0 aliphatic carbocycles. The lowest BCUT2D eigenvalue weighted by molar-refractivity contribution is 0.459. The quantitative estimate of drug-likeness (QED) is 0.835. The van der Waals surface area contributed by atoms with Crippen molar-refractivity contribution in [3.8, 4) is 0 Å². The summed E-state index contributed by atoms with van der Waals surface area (Å²) in [5.74, 6) is 0. The van der Waals surface area contributed by atoms with Crippen molar-refractivity contribution in [1.29, 1.82) is 0 Å². The highest BCUT2D eigenvalue weighted by atomic mass is 79.9. The average molecular weight is 320 g/mol. The monoisotopic (exact) mass is 319 g/mol. The van der Waals surface area contributed by atoms with Crippen molar-refractivity contribution in [1.82, 2.24) is 4.31 Å². The van der Waals surface area contributed by atoms with E-state index in [1.807, 2.05) is 26.0 Å². The molecule has 3 nitrogen and oxygen atoms in total. The first-order chi connectivity index (χ1) is 7.89. The van der Waals surface area contributed by atoms with Crippen LogP contribution in [0.3, 0.4) is 0 Å². The maximum Gasteiger partial charge on any atom is 0.243 e. The molecule has 0 aromatic heterocycles. The Morgan fingerprint density at radius 2 is 2.00 bits per heavy atom. The third-order valence-corrected chi connectivity index (χ3v) is 5.16. The summed E-state index contributed by atoms with van der Waals surface area (Å²) in [7, 11) is -1.73. The summed E-state index contributed by atoms with van der Waals surface area (Å²) in [5, 5.41) is 0. The van der Waals surface area contributed by atoms with E-state index in [9.17, 15) is 8.42 Å². The van der Waals surface area contributed by atoms with Crippen molar-refractivity contribution < 1.29 is 8.42 Å². The third-order valence-electron chi connectivity index (χ3n) is 2.66. The zero-order chi connectivity index (χ0) is 13.1. The summed E-state index contributed by atoms with van der Waals surface area (Å²) in [6.07, 6.45) is 1.86. The van der Waals surface area contributed by atoms with E-state index >= 15 is 0 Å². The highest BCUT2D eigenvalue weighted by Crippen LogP contribution is 2.23. The van der Waals surface area contributed by atoms with Gasteiger partial charge in [0.25, 0.3) is 0 Å². The molecule has 0 fully saturated rings. The van der Waals surface area contributed by atoms with E-state index in [0.29, 0.717) is 11.4 Å². The first-order valence-electron chi connectivity index (χ1n) is 5.62. The lowest BCUT2D eigenvalue weighted by atomic mass is 10.2. The van der Waals surface area contributed by atoms with E-state index in [-0.39, 0.29) is 0 Å². The molecule has 0 saturated heterocycles. The van der Waals surface area contributed by atoms with Crippen molar-refractivity contribution in [3.05, 3.63) is 28.2 Å². The van der Waals surface area contributed by atoms with Gasteiger partial charge in [-0.2, -0.15) is 0 Å². The molecular formula is C12H18BrNO2S. The summed E-state index contributed by atoms with van der Waals surface area (Å²) in [4.78, 5) is 0.380. The predicted molar refractivity (Wildman–Crippen MR) is 73.6 cm³/mol. The van der Waals surface area contributed by atoms with Crippen molar-refractivity contribution >= 4 is 26.0 Å². The van der Waals surface area contributed by atoms with Gasteiger partial charge >= 0.3 is 0 Å². The molecule has 0 amide bonds. The summed E-state index contributed by atoms with van der Waals surface area (Å²) in [5.41, 5.74) is 0.775. The van der Waals surface area contributed by atoms with Crippen molar-refractivity contribution in [2.24, 2.45) is 0 Å². The largest absolute Gasteiger partial charge is 0.243 e. The molecule has 1 aromatic carbocycles. The highest BCUT2D eigenvalue weighted by molar-refractivity contribution is 9.10. The van der Waals surface area contributed by atoms with Crippen LogP contribution in [-0.4, -0.2) is 26.3 Å². The van der Waals surface area contributed by atoms with E-state index < -0.39 is 10.0 Å². The van der Waals surface area contributed by atoms with Gasteiger partial charge in [-0.05, 0) is 31.0 Å². The molecule has 0 bridgehead atoms. The molecule has 0 aliphatic heterocycles. The summed E-state index contributed by atoms with van der Waals surface area (Å²) >= 11 is 3.31. The molecule has 0 saturated carbocycles.